The molecule has 0 aliphatic rings. The number of hydrogen-bond acceptors (Lipinski definition) is 3. The molecule has 0 radical (unpaired) electrons. The molecule has 0 fully saturated rings. The third kappa shape index (κ3) is 6.30. The highest BCUT2D eigenvalue weighted by Gasteiger charge is 2.18. The zero-order valence-electron chi connectivity index (χ0n) is 14.7. The second-order valence-electron chi connectivity index (χ2n) is 5.94. The highest BCUT2D eigenvalue weighted by Crippen LogP contribution is 2.17. The Kier molecular flexibility index (Phi) is 7.02. The molecule has 0 bridgehead atoms. The molecule has 0 aliphatic heterocycles. The van der Waals surface area contributed by atoms with Crippen LogP contribution in [-0.2, 0) is 16.1 Å². The molecule has 1 atom stereocenters. The molecule has 0 N–H and O–H groups in total. The van der Waals surface area contributed by atoms with E-state index in [1.54, 1.807) is 0 Å². The molecule has 2 aromatic carbocycles. The van der Waals surface area contributed by atoms with Crippen molar-refractivity contribution in [3.05, 3.63) is 84.0 Å². The molecule has 130 valence electrons. The van der Waals surface area contributed by atoms with Gasteiger partial charge in [-0.25, -0.2) is 0 Å². The minimum absolute atomic E-state index is 0.492. The highest BCUT2D eigenvalue weighted by atomic mass is 16.5. The van der Waals surface area contributed by atoms with Gasteiger partial charge in [0.25, 0.3) is 6.47 Å². The summed E-state index contributed by atoms with van der Waals surface area (Å²) in [6.07, 6.45) is 8.43. The molecule has 0 heterocycles. The van der Waals surface area contributed by atoms with E-state index in [4.69, 9.17) is 9.47 Å². The van der Waals surface area contributed by atoms with E-state index in [1.807, 2.05) is 92.7 Å². The summed E-state index contributed by atoms with van der Waals surface area (Å²) in [6.45, 7) is 4.91. The van der Waals surface area contributed by atoms with Crippen LogP contribution >= 0.6 is 0 Å². The van der Waals surface area contributed by atoms with Crippen LogP contribution in [-0.4, -0.2) is 12.1 Å². The van der Waals surface area contributed by atoms with Crippen molar-refractivity contribution in [2.75, 3.05) is 0 Å². The smallest absolute Gasteiger partial charge is 0.293 e. The minimum Gasteiger partial charge on any atom is -0.489 e. The van der Waals surface area contributed by atoms with Crippen LogP contribution in [0.2, 0.25) is 0 Å². The Hall–Kier alpha value is -2.81. The van der Waals surface area contributed by atoms with Gasteiger partial charge in [-0.05, 0) is 42.7 Å². The van der Waals surface area contributed by atoms with Crippen molar-refractivity contribution in [1.82, 2.24) is 0 Å². The van der Waals surface area contributed by atoms with Crippen molar-refractivity contribution in [3.63, 3.8) is 0 Å². The van der Waals surface area contributed by atoms with E-state index >= 15 is 0 Å². The number of rotatable bonds is 9. The Morgan fingerprint density at radius 1 is 1.00 bits per heavy atom. The number of carbonyl (C=O) groups excluding carboxylic acids is 1. The number of ether oxygens (including phenoxy) is 2. The van der Waals surface area contributed by atoms with Crippen LogP contribution < -0.4 is 4.74 Å². The van der Waals surface area contributed by atoms with Crippen molar-refractivity contribution in [1.29, 1.82) is 0 Å². The molecule has 0 aromatic heterocycles. The maximum Gasteiger partial charge on any atom is 0.293 e. The molecule has 0 saturated heterocycles. The largest absolute Gasteiger partial charge is 0.489 e. The molecule has 2 rings (SSSR count). The molecule has 0 spiro atoms. The second kappa shape index (κ2) is 9.48. The van der Waals surface area contributed by atoms with E-state index in [9.17, 15) is 4.79 Å². The molecule has 3 nitrogen and oxygen atoms in total. The van der Waals surface area contributed by atoms with Gasteiger partial charge in [-0.2, -0.15) is 0 Å². The number of hydrogen-bond donors (Lipinski definition) is 0. The van der Waals surface area contributed by atoms with Crippen molar-refractivity contribution < 1.29 is 14.3 Å². The summed E-state index contributed by atoms with van der Waals surface area (Å²) in [7, 11) is 0. The third-order valence-corrected chi connectivity index (χ3v) is 4.00. The lowest BCUT2D eigenvalue weighted by atomic mass is 10.0. The average molecular weight is 336 g/mol. The molecule has 25 heavy (non-hydrogen) atoms. The minimum atomic E-state index is -0.554. The molecule has 3 heteroatoms. The third-order valence-electron chi connectivity index (χ3n) is 4.00. The molecule has 2 aromatic rings. The van der Waals surface area contributed by atoms with Crippen LogP contribution in [0.15, 0.2) is 72.8 Å². The van der Waals surface area contributed by atoms with Crippen molar-refractivity contribution in [3.8, 4) is 5.75 Å². The van der Waals surface area contributed by atoms with Gasteiger partial charge in [0, 0.05) is 0 Å². The van der Waals surface area contributed by atoms with E-state index < -0.39 is 5.60 Å². The van der Waals surface area contributed by atoms with Gasteiger partial charge in [-0.15, -0.1) is 0 Å². The predicted octanol–water partition coefficient (Wildman–Crippen LogP) is 5.18. The van der Waals surface area contributed by atoms with E-state index in [-0.39, 0.29) is 0 Å². The summed E-state index contributed by atoms with van der Waals surface area (Å²) >= 11 is 0. The molecule has 1 unspecified atom stereocenters. The second-order valence-corrected chi connectivity index (χ2v) is 5.94. The Bertz CT molecular complexity index is 702. The van der Waals surface area contributed by atoms with Gasteiger partial charge in [0.05, 0.1) is 0 Å². The first-order valence-electron chi connectivity index (χ1n) is 8.39. The van der Waals surface area contributed by atoms with E-state index in [1.165, 1.54) is 0 Å². The molecule has 0 amide bonds. The van der Waals surface area contributed by atoms with Crippen LogP contribution in [0.1, 0.15) is 31.4 Å². The summed E-state index contributed by atoms with van der Waals surface area (Å²) in [6, 6.07) is 18.0. The summed E-state index contributed by atoms with van der Waals surface area (Å²) in [5.41, 5.74) is 1.67. The number of benzene rings is 2. The maximum absolute atomic E-state index is 10.5. The zero-order chi connectivity index (χ0) is 18.0. The SMILES string of the molecule is CCC(C)(C=CC=Cc1ccc(OCc2ccccc2)cc1)OC=O. The predicted molar refractivity (Wildman–Crippen MR) is 101 cm³/mol. The highest BCUT2D eigenvalue weighted by molar-refractivity contribution is 5.52. The molecule has 0 saturated carbocycles. The van der Waals surface area contributed by atoms with Crippen molar-refractivity contribution >= 4 is 12.5 Å². The summed E-state index contributed by atoms with van der Waals surface area (Å²) in [4.78, 5) is 10.5. The van der Waals surface area contributed by atoms with E-state index in [0.717, 1.165) is 23.3 Å². The maximum atomic E-state index is 10.5. The number of carbonyl (C=O) groups is 1. The fourth-order valence-corrected chi connectivity index (χ4v) is 2.19. The number of allylic oxidation sites excluding steroid dienone is 2. The van der Waals surface area contributed by atoms with Gasteiger partial charge in [-0.1, -0.05) is 67.6 Å². The molecular weight excluding hydrogens is 312 g/mol. The van der Waals surface area contributed by atoms with Gasteiger partial charge in [0.15, 0.2) is 0 Å². The van der Waals surface area contributed by atoms with E-state index in [0.29, 0.717) is 13.1 Å². The molecule has 0 aliphatic carbocycles. The standard InChI is InChI=1S/C22H24O3/c1-3-22(2,25-18-23)16-8-7-9-19-12-14-21(15-13-19)24-17-20-10-5-4-6-11-20/h4-16,18H,3,17H2,1-2H3. The summed E-state index contributed by atoms with van der Waals surface area (Å²) < 4.78 is 10.9. The first-order chi connectivity index (χ1) is 12.1. The van der Waals surface area contributed by atoms with Gasteiger partial charge >= 0.3 is 0 Å². The van der Waals surface area contributed by atoms with Crippen molar-refractivity contribution in [2.24, 2.45) is 0 Å². The fourth-order valence-electron chi connectivity index (χ4n) is 2.19. The fraction of sp³-hybridized carbons (Fsp3) is 0.227. The van der Waals surface area contributed by atoms with Crippen LogP contribution in [0.25, 0.3) is 6.08 Å². The Balaban J connectivity index is 1.88. The quantitative estimate of drug-likeness (QED) is 0.468. The van der Waals surface area contributed by atoms with Gasteiger partial charge in [-0.3, -0.25) is 4.79 Å². The van der Waals surface area contributed by atoms with Crippen LogP contribution in [0.5, 0.6) is 5.75 Å². The van der Waals surface area contributed by atoms with Gasteiger partial charge < -0.3 is 9.47 Å². The zero-order valence-corrected chi connectivity index (χ0v) is 14.7. The first-order valence-corrected chi connectivity index (χ1v) is 8.39. The van der Waals surface area contributed by atoms with Crippen molar-refractivity contribution in [2.45, 2.75) is 32.5 Å². The first kappa shape index (κ1) is 18.5. The van der Waals surface area contributed by atoms with Gasteiger partial charge in [0.2, 0.25) is 0 Å². The summed E-state index contributed by atoms with van der Waals surface area (Å²) in [5, 5.41) is 0. The normalized spacial score (nSPS) is 13.7. The van der Waals surface area contributed by atoms with Crippen LogP contribution in [0.4, 0.5) is 0 Å². The van der Waals surface area contributed by atoms with E-state index in [2.05, 4.69) is 0 Å². The Labute approximate surface area is 149 Å². The van der Waals surface area contributed by atoms with Crippen LogP contribution in [0, 0.1) is 0 Å². The Morgan fingerprint density at radius 2 is 1.72 bits per heavy atom. The lowest BCUT2D eigenvalue weighted by Gasteiger charge is -2.21. The lowest BCUT2D eigenvalue weighted by molar-refractivity contribution is -0.138. The summed E-state index contributed by atoms with van der Waals surface area (Å²) in [5.74, 6) is 0.842. The lowest BCUT2D eigenvalue weighted by Crippen LogP contribution is -2.23. The average Bonchev–Trinajstić information content (AvgIpc) is 2.66. The Morgan fingerprint density at radius 3 is 2.36 bits per heavy atom. The van der Waals surface area contributed by atoms with Crippen LogP contribution in [0.3, 0.4) is 0 Å². The van der Waals surface area contributed by atoms with Gasteiger partial charge in [0.1, 0.15) is 18.0 Å². The topological polar surface area (TPSA) is 35.5 Å². The monoisotopic (exact) mass is 336 g/mol. The molecular formula is C22H24O3.